The molecule has 1 atom stereocenters. The van der Waals surface area contributed by atoms with Crippen molar-refractivity contribution in [3.63, 3.8) is 0 Å². The van der Waals surface area contributed by atoms with Crippen LogP contribution in [0, 0.1) is 18.3 Å². The van der Waals surface area contributed by atoms with Crippen LogP contribution >= 0.6 is 11.6 Å². The summed E-state index contributed by atoms with van der Waals surface area (Å²) in [5.41, 5.74) is 0.448. The molecular formula is C12H19ClN4. The van der Waals surface area contributed by atoms with Crippen LogP contribution in [0.2, 0.25) is 5.02 Å². The van der Waals surface area contributed by atoms with E-state index < -0.39 is 5.54 Å². The topological polar surface area (TPSA) is 53.6 Å². The van der Waals surface area contributed by atoms with E-state index in [9.17, 15) is 5.26 Å². The average molecular weight is 255 g/mol. The van der Waals surface area contributed by atoms with Crippen LogP contribution < -0.4 is 5.32 Å². The monoisotopic (exact) mass is 254 g/mol. The van der Waals surface area contributed by atoms with E-state index in [0.29, 0.717) is 18.0 Å². The summed E-state index contributed by atoms with van der Waals surface area (Å²) in [6, 6.07) is 2.32. The minimum Gasteiger partial charge on any atom is -0.300 e. The van der Waals surface area contributed by atoms with Gasteiger partial charge in [0.25, 0.3) is 0 Å². The van der Waals surface area contributed by atoms with Gasteiger partial charge in [0.05, 0.1) is 23.0 Å². The second kappa shape index (κ2) is 6.04. The largest absolute Gasteiger partial charge is 0.300 e. The predicted octanol–water partition coefficient (Wildman–Crippen LogP) is 2.52. The molecule has 4 nitrogen and oxygen atoms in total. The molecule has 0 spiro atoms. The van der Waals surface area contributed by atoms with Crippen LogP contribution in [0.3, 0.4) is 0 Å². The van der Waals surface area contributed by atoms with Crippen molar-refractivity contribution in [2.24, 2.45) is 0 Å². The second-order valence-corrected chi connectivity index (χ2v) is 4.83. The molecule has 1 aromatic rings. The maximum absolute atomic E-state index is 9.20. The van der Waals surface area contributed by atoms with E-state index in [1.165, 1.54) is 0 Å². The van der Waals surface area contributed by atoms with Crippen molar-refractivity contribution >= 4 is 11.6 Å². The van der Waals surface area contributed by atoms with Crippen molar-refractivity contribution in [3.8, 4) is 6.07 Å². The molecule has 0 aliphatic carbocycles. The van der Waals surface area contributed by atoms with Crippen LogP contribution in [0.1, 0.15) is 32.4 Å². The van der Waals surface area contributed by atoms with Crippen LogP contribution in [0.5, 0.6) is 0 Å². The first-order valence-electron chi connectivity index (χ1n) is 5.86. The molecule has 5 heteroatoms. The summed E-state index contributed by atoms with van der Waals surface area (Å²) >= 11 is 5.93. The van der Waals surface area contributed by atoms with Crippen molar-refractivity contribution in [1.29, 1.82) is 5.26 Å². The van der Waals surface area contributed by atoms with Gasteiger partial charge in [-0.25, -0.2) is 0 Å². The Morgan fingerprint density at radius 1 is 1.65 bits per heavy atom. The molecule has 0 aromatic carbocycles. The Morgan fingerprint density at radius 3 is 2.82 bits per heavy atom. The average Bonchev–Trinajstić information content (AvgIpc) is 2.65. The Bertz CT molecular complexity index is 407. The molecule has 0 fully saturated rings. The van der Waals surface area contributed by atoms with Gasteiger partial charge in [0.1, 0.15) is 5.54 Å². The third-order valence-electron chi connectivity index (χ3n) is 2.88. The molecule has 94 valence electrons. The number of hydrogen-bond donors (Lipinski definition) is 1. The van der Waals surface area contributed by atoms with Gasteiger partial charge in [0, 0.05) is 6.54 Å². The van der Waals surface area contributed by atoms with E-state index in [4.69, 9.17) is 11.6 Å². The highest BCUT2D eigenvalue weighted by Crippen LogP contribution is 2.16. The van der Waals surface area contributed by atoms with Crippen molar-refractivity contribution in [2.75, 3.05) is 6.54 Å². The lowest BCUT2D eigenvalue weighted by atomic mass is 10.00. The minimum atomic E-state index is -0.499. The summed E-state index contributed by atoms with van der Waals surface area (Å²) < 4.78 is 1.84. The fourth-order valence-electron chi connectivity index (χ4n) is 1.56. The molecule has 0 bridgehead atoms. The molecule has 1 unspecified atom stereocenters. The first-order valence-corrected chi connectivity index (χ1v) is 6.24. The number of nitrogens with zero attached hydrogens (tertiary/aromatic N) is 3. The van der Waals surface area contributed by atoms with Gasteiger partial charge in [0.15, 0.2) is 0 Å². The van der Waals surface area contributed by atoms with Crippen LogP contribution in [-0.2, 0) is 6.54 Å². The van der Waals surface area contributed by atoms with Gasteiger partial charge in [0.2, 0.25) is 0 Å². The molecule has 0 aliphatic rings. The number of aryl methyl sites for hydroxylation is 1. The summed E-state index contributed by atoms with van der Waals surface area (Å²) in [4.78, 5) is 0. The third-order valence-corrected chi connectivity index (χ3v) is 3.25. The van der Waals surface area contributed by atoms with Crippen LogP contribution in [0.25, 0.3) is 0 Å². The lowest BCUT2D eigenvalue weighted by Gasteiger charge is -2.23. The fraction of sp³-hybridized carbons (Fsp3) is 0.667. The molecule has 0 radical (unpaired) electrons. The quantitative estimate of drug-likeness (QED) is 0.849. The molecule has 17 heavy (non-hydrogen) atoms. The molecule has 0 saturated carbocycles. The van der Waals surface area contributed by atoms with E-state index >= 15 is 0 Å². The smallest absolute Gasteiger partial charge is 0.105 e. The number of rotatable bonds is 6. The van der Waals surface area contributed by atoms with E-state index in [1.807, 2.05) is 18.5 Å². The standard InChI is InChI=1S/C12H19ClN4/c1-4-6-15-12(3,9-14)5-7-17-10(2)11(13)8-16-17/h8,15H,4-7H2,1-3H3. The molecule has 0 amide bonds. The Morgan fingerprint density at radius 2 is 2.35 bits per heavy atom. The van der Waals surface area contributed by atoms with Gasteiger partial charge < -0.3 is 0 Å². The third kappa shape index (κ3) is 3.72. The highest BCUT2D eigenvalue weighted by Gasteiger charge is 2.22. The SMILES string of the molecule is CCCNC(C)(C#N)CCn1ncc(Cl)c1C. The zero-order valence-electron chi connectivity index (χ0n) is 10.6. The van der Waals surface area contributed by atoms with Gasteiger partial charge in [-0.3, -0.25) is 10.00 Å². The maximum Gasteiger partial charge on any atom is 0.105 e. The normalized spacial score (nSPS) is 14.3. The summed E-state index contributed by atoms with van der Waals surface area (Å²) in [5.74, 6) is 0. The molecule has 0 saturated heterocycles. The van der Waals surface area contributed by atoms with Crippen molar-refractivity contribution in [3.05, 3.63) is 16.9 Å². The number of halogens is 1. The van der Waals surface area contributed by atoms with Crippen molar-refractivity contribution < 1.29 is 0 Å². The van der Waals surface area contributed by atoms with Crippen LogP contribution in [0.4, 0.5) is 0 Å². The minimum absolute atomic E-state index is 0.499. The first kappa shape index (κ1) is 14.0. The van der Waals surface area contributed by atoms with Gasteiger partial charge in [-0.05, 0) is 33.2 Å². The lowest BCUT2D eigenvalue weighted by molar-refractivity contribution is 0.380. The van der Waals surface area contributed by atoms with Gasteiger partial charge in [-0.15, -0.1) is 0 Å². The molecule has 1 rings (SSSR count). The molecule has 1 N–H and O–H groups in total. The Hall–Kier alpha value is -1.05. The number of nitriles is 1. The lowest BCUT2D eigenvalue weighted by Crippen LogP contribution is -2.42. The van der Waals surface area contributed by atoms with Gasteiger partial charge >= 0.3 is 0 Å². The highest BCUT2D eigenvalue weighted by atomic mass is 35.5. The molecule has 1 aromatic heterocycles. The maximum atomic E-state index is 9.20. The Balaban J connectivity index is 2.59. The Kier molecular flexibility index (Phi) is 4.98. The number of aromatic nitrogens is 2. The van der Waals surface area contributed by atoms with Crippen LogP contribution in [0.15, 0.2) is 6.20 Å². The predicted molar refractivity (Wildman–Crippen MR) is 68.9 cm³/mol. The van der Waals surface area contributed by atoms with Crippen LogP contribution in [-0.4, -0.2) is 21.9 Å². The summed E-state index contributed by atoms with van der Waals surface area (Å²) in [6.45, 7) is 7.48. The zero-order chi connectivity index (χ0) is 12.9. The molecular weight excluding hydrogens is 236 g/mol. The number of nitrogens with one attached hydrogen (secondary N) is 1. The zero-order valence-corrected chi connectivity index (χ0v) is 11.4. The van der Waals surface area contributed by atoms with E-state index in [2.05, 4.69) is 23.4 Å². The van der Waals surface area contributed by atoms with Crippen molar-refractivity contribution in [1.82, 2.24) is 15.1 Å². The second-order valence-electron chi connectivity index (χ2n) is 4.42. The Labute approximate surface area is 108 Å². The van der Waals surface area contributed by atoms with E-state index in [-0.39, 0.29) is 0 Å². The summed E-state index contributed by atoms with van der Waals surface area (Å²) in [6.07, 6.45) is 3.37. The van der Waals surface area contributed by atoms with E-state index in [1.54, 1.807) is 6.20 Å². The molecule has 0 aliphatic heterocycles. The van der Waals surface area contributed by atoms with Crippen molar-refractivity contribution in [2.45, 2.75) is 45.7 Å². The van der Waals surface area contributed by atoms with E-state index in [0.717, 1.165) is 18.7 Å². The summed E-state index contributed by atoms with van der Waals surface area (Å²) in [5, 5.41) is 17.3. The van der Waals surface area contributed by atoms with Gasteiger partial charge in [-0.1, -0.05) is 18.5 Å². The highest BCUT2D eigenvalue weighted by molar-refractivity contribution is 6.31. The van der Waals surface area contributed by atoms with Gasteiger partial charge in [-0.2, -0.15) is 10.4 Å². The number of hydrogen-bond acceptors (Lipinski definition) is 3. The fourth-order valence-corrected chi connectivity index (χ4v) is 1.70. The first-order chi connectivity index (χ1) is 8.02. The molecule has 1 heterocycles. The summed E-state index contributed by atoms with van der Waals surface area (Å²) in [7, 11) is 0.